The Labute approximate surface area is 107 Å². The Balaban J connectivity index is 1.87. The summed E-state index contributed by atoms with van der Waals surface area (Å²) >= 11 is 0. The van der Waals surface area contributed by atoms with E-state index in [1.54, 1.807) is 0 Å². The fourth-order valence-corrected chi connectivity index (χ4v) is 2.83. The van der Waals surface area contributed by atoms with E-state index >= 15 is 0 Å². The zero-order valence-corrected chi connectivity index (χ0v) is 10.6. The zero-order valence-electron chi connectivity index (χ0n) is 10.6. The number of benzene rings is 1. The molecule has 4 nitrogen and oxygen atoms in total. The van der Waals surface area contributed by atoms with Crippen LogP contribution < -0.4 is 0 Å². The molecule has 0 saturated carbocycles. The monoisotopic (exact) mass is 250 g/mol. The SMILES string of the molecule is COOCc1cccc2c1CC1(CC2)OCCO1. The molecule has 0 radical (unpaired) electrons. The molecule has 1 aromatic rings. The maximum atomic E-state index is 5.80. The van der Waals surface area contributed by atoms with Crippen molar-refractivity contribution >= 4 is 0 Å². The molecule has 0 aromatic heterocycles. The van der Waals surface area contributed by atoms with Crippen molar-refractivity contribution in [1.29, 1.82) is 0 Å². The van der Waals surface area contributed by atoms with Gasteiger partial charge in [0.05, 0.1) is 20.3 Å². The summed E-state index contributed by atoms with van der Waals surface area (Å²) in [5.74, 6) is -0.393. The van der Waals surface area contributed by atoms with E-state index in [-0.39, 0.29) is 0 Å². The summed E-state index contributed by atoms with van der Waals surface area (Å²) in [7, 11) is 1.53. The molecule has 1 fully saturated rings. The second-order valence-electron chi connectivity index (χ2n) is 4.77. The molecule has 98 valence electrons. The average molecular weight is 250 g/mol. The molecule has 1 saturated heterocycles. The van der Waals surface area contributed by atoms with E-state index in [1.165, 1.54) is 18.2 Å². The van der Waals surface area contributed by atoms with Gasteiger partial charge in [-0.1, -0.05) is 18.2 Å². The van der Waals surface area contributed by atoms with Gasteiger partial charge >= 0.3 is 0 Å². The lowest BCUT2D eigenvalue weighted by atomic mass is 9.84. The first-order valence-corrected chi connectivity index (χ1v) is 6.36. The number of ether oxygens (including phenoxy) is 2. The van der Waals surface area contributed by atoms with E-state index < -0.39 is 5.79 Å². The van der Waals surface area contributed by atoms with Gasteiger partial charge in [0.25, 0.3) is 0 Å². The van der Waals surface area contributed by atoms with Crippen LogP contribution in [0.15, 0.2) is 18.2 Å². The van der Waals surface area contributed by atoms with Crippen molar-refractivity contribution in [3.63, 3.8) is 0 Å². The lowest BCUT2D eigenvalue weighted by molar-refractivity contribution is -0.282. The van der Waals surface area contributed by atoms with Crippen LogP contribution in [0.4, 0.5) is 0 Å². The van der Waals surface area contributed by atoms with Gasteiger partial charge in [0.2, 0.25) is 0 Å². The van der Waals surface area contributed by atoms with Crippen molar-refractivity contribution in [2.45, 2.75) is 31.7 Å². The highest BCUT2D eigenvalue weighted by Gasteiger charge is 2.40. The van der Waals surface area contributed by atoms with Gasteiger partial charge in [-0.2, -0.15) is 0 Å². The lowest BCUT2D eigenvalue weighted by Gasteiger charge is -2.33. The van der Waals surface area contributed by atoms with E-state index in [9.17, 15) is 0 Å². The van der Waals surface area contributed by atoms with Crippen LogP contribution in [0.25, 0.3) is 0 Å². The Morgan fingerprint density at radius 1 is 1.28 bits per heavy atom. The van der Waals surface area contributed by atoms with Crippen molar-refractivity contribution < 1.29 is 19.2 Å². The normalized spacial score (nSPS) is 21.2. The molecule has 0 bridgehead atoms. The van der Waals surface area contributed by atoms with E-state index in [0.29, 0.717) is 19.8 Å². The number of aryl methyl sites for hydroxylation is 1. The minimum absolute atomic E-state index is 0.393. The van der Waals surface area contributed by atoms with Crippen LogP contribution in [0, 0.1) is 0 Å². The van der Waals surface area contributed by atoms with Crippen molar-refractivity contribution in [1.82, 2.24) is 0 Å². The first kappa shape index (κ1) is 12.1. The standard InChI is InChI=1S/C14H18O4/c1-15-18-10-12-4-2-3-11-5-6-14(9-13(11)12)16-7-8-17-14/h2-4H,5-10H2,1H3. The summed E-state index contributed by atoms with van der Waals surface area (Å²) < 4.78 is 11.6. The predicted octanol–water partition coefficient (Wildman–Crippen LogP) is 2.00. The van der Waals surface area contributed by atoms with Gasteiger partial charge in [-0.3, -0.25) is 0 Å². The Morgan fingerprint density at radius 2 is 2.11 bits per heavy atom. The Hall–Kier alpha value is -0.940. The van der Waals surface area contributed by atoms with E-state index in [4.69, 9.17) is 19.2 Å². The smallest absolute Gasteiger partial charge is 0.172 e. The molecule has 2 aliphatic rings. The molecule has 0 amide bonds. The highest BCUT2D eigenvalue weighted by Crippen LogP contribution is 2.36. The molecule has 3 rings (SSSR count). The van der Waals surface area contributed by atoms with Crippen LogP contribution in [0.5, 0.6) is 0 Å². The van der Waals surface area contributed by atoms with E-state index in [1.807, 2.05) is 0 Å². The number of hydrogen-bond acceptors (Lipinski definition) is 4. The molecule has 1 aliphatic carbocycles. The third-order valence-electron chi connectivity index (χ3n) is 3.74. The summed E-state index contributed by atoms with van der Waals surface area (Å²) in [6, 6.07) is 6.32. The van der Waals surface area contributed by atoms with Crippen molar-refractivity contribution in [2.75, 3.05) is 20.3 Å². The maximum Gasteiger partial charge on any atom is 0.172 e. The zero-order chi connectivity index (χ0) is 12.4. The molecule has 1 heterocycles. The van der Waals surface area contributed by atoms with Gasteiger partial charge in [0.15, 0.2) is 5.79 Å². The molecule has 0 unspecified atom stereocenters. The van der Waals surface area contributed by atoms with Crippen LogP contribution in [-0.4, -0.2) is 26.1 Å². The van der Waals surface area contributed by atoms with Crippen LogP contribution in [0.2, 0.25) is 0 Å². The predicted molar refractivity (Wildman–Crippen MR) is 64.9 cm³/mol. The maximum absolute atomic E-state index is 5.80. The molecular formula is C14H18O4. The molecule has 0 N–H and O–H groups in total. The average Bonchev–Trinajstić information content (AvgIpc) is 2.84. The summed E-state index contributed by atoms with van der Waals surface area (Å²) in [5, 5.41) is 0. The fraction of sp³-hybridized carbons (Fsp3) is 0.571. The molecule has 18 heavy (non-hydrogen) atoms. The first-order valence-electron chi connectivity index (χ1n) is 6.36. The van der Waals surface area contributed by atoms with Gasteiger partial charge in [-0.25, -0.2) is 9.78 Å². The first-order chi connectivity index (χ1) is 8.83. The van der Waals surface area contributed by atoms with Crippen LogP contribution in [0.1, 0.15) is 23.1 Å². The number of hydrogen-bond donors (Lipinski definition) is 0. The quantitative estimate of drug-likeness (QED) is 0.607. The van der Waals surface area contributed by atoms with Gasteiger partial charge < -0.3 is 9.47 Å². The lowest BCUT2D eigenvalue weighted by Crippen LogP contribution is -2.37. The van der Waals surface area contributed by atoms with Gasteiger partial charge in [-0.15, -0.1) is 0 Å². The molecule has 1 spiro atoms. The highest BCUT2D eigenvalue weighted by molar-refractivity contribution is 5.38. The number of fused-ring (bicyclic) bond motifs is 1. The van der Waals surface area contributed by atoms with Gasteiger partial charge in [0, 0.05) is 12.8 Å². The van der Waals surface area contributed by atoms with E-state index in [0.717, 1.165) is 24.8 Å². The molecule has 1 aromatic carbocycles. The largest absolute Gasteiger partial charge is 0.347 e. The third-order valence-corrected chi connectivity index (χ3v) is 3.74. The van der Waals surface area contributed by atoms with Crippen molar-refractivity contribution in [3.8, 4) is 0 Å². The fourth-order valence-electron chi connectivity index (χ4n) is 2.83. The second-order valence-corrected chi connectivity index (χ2v) is 4.77. The Kier molecular flexibility index (Phi) is 3.35. The van der Waals surface area contributed by atoms with Gasteiger partial charge in [0.1, 0.15) is 6.61 Å². The minimum Gasteiger partial charge on any atom is -0.347 e. The highest BCUT2D eigenvalue weighted by atomic mass is 17.2. The van der Waals surface area contributed by atoms with Crippen LogP contribution in [0.3, 0.4) is 0 Å². The second kappa shape index (κ2) is 4.97. The number of rotatable bonds is 3. The minimum atomic E-state index is -0.393. The molecular weight excluding hydrogens is 232 g/mol. The third kappa shape index (κ3) is 2.17. The molecule has 4 heteroatoms. The summed E-state index contributed by atoms with van der Waals surface area (Å²) in [6.45, 7) is 1.87. The Bertz CT molecular complexity index is 424. The summed E-state index contributed by atoms with van der Waals surface area (Å²) in [4.78, 5) is 9.75. The topological polar surface area (TPSA) is 36.9 Å². The van der Waals surface area contributed by atoms with Crippen LogP contribution >= 0.6 is 0 Å². The summed E-state index contributed by atoms with van der Waals surface area (Å²) in [5.41, 5.74) is 3.83. The van der Waals surface area contributed by atoms with Crippen molar-refractivity contribution in [2.24, 2.45) is 0 Å². The van der Waals surface area contributed by atoms with Gasteiger partial charge in [-0.05, 0) is 23.1 Å². The van der Waals surface area contributed by atoms with Crippen LogP contribution in [-0.2, 0) is 38.7 Å². The Morgan fingerprint density at radius 3 is 2.89 bits per heavy atom. The summed E-state index contributed by atoms with van der Waals surface area (Å²) in [6.07, 6.45) is 2.75. The molecule has 1 aliphatic heterocycles. The van der Waals surface area contributed by atoms with Crippen molar-refractivity contribution in [3.05, 3.63) is 34.9 Å². The van der Waals surface area contributed by atoms with E-state index in [2.05, 4.69) is 18.2 Å². The molecule has 0 atom stereocenters.